The van der Waals surface area contributed by atoms with Gasteiger partial charge in [-0.05, 0) is 82.4 Å². The first-order valence-corrected chi connectivity index (χ1v) is 10.3. The number of ether oxygens (including phenoxy) is 2. The standard InChI is InChI=1S/C24H24BrNO4/c1-15-6-4-5-7-19(15)14-30-23-20(25)11-17(12-22(23)29-3)13-26-21-9-8-18(24(27)28)10-16(21)2/h4-12,26H,13-14H2,1-3H3,(H,27,28). The van der Waals surface area contributed by atoms with Crippen molar-refractivity contribution in [2.75, 3.05) is 12.4 Å². The lowest BCUT2D eigenvalue weighted by atomic mass is 10.1. The van der Waals surface area contributed by atoms with Gasteiger partial charge in [0, 0.05) is 12.2 Å². The SMILES string of the molecule is COc1cc(CNc2ccc(C(=O)O)cc2C)cc(Br)c1OCc1ccccc1C. The molecule has 5 nitrogen and oxygen atoms in total. The van der Waals surface area contributed by atoms with Crippen LogP contribution in [-0.4, -0.2) is 18.2 Å². The molecule has 0 spiro atoms. The minimum Gasteiger partial charge on any atom is -0.493 e. The van der Waals surface area contributed by atoms with Crippen molar-refractivity contribution in [1.29, 1.82) is 0 Å². The lowest BCUT2D eigenvalue weighted by molar-refractivity contribution is 0.0697. The molecule has 0 aliphatic heterocycles. The number of aromatic carboxylic acids is 1. The zero-order chi connectivity index (χ0) is 21.7. The second-order valence-electron chi connectivity index (χ2n) is 7.01. The number of nitrogens with one attached hydrogen (secondary N) is 1. The highest BCUT2D eigenvalue weighted by atomic mass is 79.9. The summed E-state index contributed by atoms with van der Waals surface area (Å²) in [5.74, 6) is 0.374. The highest BCUT2D eigenvalue weighted by molar-refractivity contribution is 9.10. The maximum absolute atomic E-state index is 11.1. The number of carbonyl (C=O) groups is 1. The molecule has 2 N–H and O–H groups in total. The Labute approximate surface area is 184 Å². The van der Waals surface area contributed by atoms with Crippen LogP contribution in [-0.2, 0) is 13.2 Å². The molecule has 0 atom stereocenters. The van der Waals surface area contributed by atoms with E-state index < -0.39 is 5.97 Å². The number of benzene rings is 3. The molecule has 0 fully saturated rings. The van der Waals surface area contributed by atoms with E-state index >= 15 is 0 Å². The van der Waals surface area contributed by atoms with Crippen molar-refractivity contribution in [2.24, 2.45) is 0 Å². The van der Waals surface area contributed by atoms with Gasteiger partial charge in [-0.1, -0.05) is 24.3 Å². The van der Waals surface area contributed by atoms with Crippen LogP contribution in [0.5, 0.6) is 11.5 Å². The molecular weight excluding hydrogens is 446 g/mol. The molecule has 0 aromatic heterocycles. The summed E-state index contributed by atoms with van der Waals surface area (Å²) in [6, 6.07) is 17.1. The molecule has 156 valence electrons. The normalized spacial score (nSPS) is 10.5. The maximum Gasteiger partial charge on any atom is 0.335 e. The van der Waals surface area contributed by atoms with Crippen LogP contribution in [0.3, 0.4) is 0 Å². The summed E-state index contributed by atoms with van der Waals surface area (Å²) < 4.78 is 12.4. The van der Waals surface area contributed by atoms with Gasteiger partial charge in [-0.2, -0.15) is 0 Å². The number of halogens is 1. The van der Waals surface area contributed by atoms with Crippen molar-refractivity contribution in [2.45, 2.75) is 27.0 Å². The molecule has 3 rings (SSSR count). The van der Waals surface area contributed by atoms with Gasteiger partial charge in [-0.3, -0.25) is 0 Å². The van der Waals surface area contributed by atoms with Crippen LogP contribution < -0.4 is 14.8 Å². The van der Waals surface area contributed by atoms with Gasteiger partial charge in [0.15, 0.2) is 11.5 Å². The van der Waals surface area contributed by atoms with Crippen LogP contribution in [0.1, 0.15) is 32.6 Å². The fraction of sp³-hybridized carbons (Fsp3) is 0.208. The Balaban J connectivity index is 1.73. The minimum absolute atomic E-state index is 0.276. The van der Waals surface area contributed by atoms with Crippen LogP contribution in [0.4, 0.5) is 5.69 Å². The van der Waals surface area contributed by atoms with Crippen molar-refractivity contribution < 1.29 is 19.4 Å². The van der Waals surface area contributed by atoms with Gasteiger partial charge in [-0.15, -0.1) is 0 Å². The summed E-state index contributed by atoms with van der Waals surface area (Å²) in [5.41, 5.74) is 5.34. The lowest BCUT2D eigenvalue weighted by Gasteiger charge is -2.16. The molecule has 30 heavy (non-hydrogen) atoms. The first-order chi connectivity index (χ1) is 14.4. The first-order valence-electron chi connectivity index (χ1n) is 9.50. The van der Waals surface area contributed by atoms with E-state index in [-0.39, 0.29) is 5.56 Å². The van der Waals surface area contributed by atoms with Crippen LogP contribution in [0, 0.1) is 13.8 Å². The summed E-state index contributed by atoms with van der Waals surface area (Å²) in [5, 5.41) is 12.5. The molecule has 0 amide bonds. The molecule has 0 bridgehead atoms. The van der Waals surface area contributed by atoms with Crippen LogP contribution in [0.25, 0.3) is 0 Å². The van der Waals surface area contributed by atoms with Crippen molar-refractivity contribution in [3.8, 4) is 11.5 Å². The van der Waals surface area contributed by atoms with Crippen LogP contribution >= 0.6 is 15.9 Å². The summed E-state index contributed by atoms with van der Waals surface area (Å²) in [7, 11) is 1.62. The summed E-state index contributed by atoms with van der Waals surface area (Å²) >= 11 is 3.60. The molecule has 0 heterocycles. The van der Waals surface area contributed by atoms with E-state index in [1.165, 1.54) is 5.56 Å². The zero-order valence-electron chi connectivity index (χ0n) is 17.2. The van der Waals surface area contributed by atoms with Gasteiger partial charge in [0.1, 0.15) is 6.61 Å². The molecule has 0 radical (unpaired) electrons. The third-order valence-corrected chi connectivity index (χ3v) is 5.47. The predicted molar refractivity (Wildman–Crippen MR) is 122 cm³/mol. The topological polar surface area (TPSA) is 67.8 Å². The Morgan fingerprint density at radius 3 is 2.50 bits per heavy atom. The highest BCUT2D eigenvalue weighted by Gasteiger charge is 2.13. The molecule has 0 aliphatic carbocycles. The van der Waals surface area contributed by atoms with E-state index in [2.05, 4.69) is 34.2 Å². The van der Waals surface area contributed by atoms with Gasteiger partial charge in [0.25, 0.3) is 0 Å². The average Bonchev–Trinajstić information content (AvgIpc) is 2.72. The summed E-state index contributed by atoms with van der Waals surface area (Å²) in [6.07, 6.45) is 0. The Morgan fingerprint density at radius 2 is 1.83 bits per heavy atom. The number of hydrogen-bond donors (Lipinski definition) is 2. The van der Waals surface area contributed by atoms with Crippen molar-refractivity contribution in [3.05, 3.63) is 86.9 Å². The first kappa shape index (κ1) is 21.7. The van der Waals surface area contributed by atoms with Crippen LogP contribution in [0.2, 0.25) is 0 Å². The van der Waals surface area contributed by atoms with Gasteiger partial charge in [0.2, 0.25) is 0 Å². The molecule has 0 unspecified atom stereocenters. The molecule has 0 aliphatic rings. The molecular formula is C24H24BrNO4. The van der Waals surface area contributed by atoms with Crippen molar-refractivity contribution in [1.82, 2.24) is 0 Å². The number of hydrogen-bond acceptors (Lipinski definition) is 4. The van der Waals surface area contributed by atoms with Gasteiger partial charge in [-0.25, -0.2) is 4.79 Å². The van der Waals surface area contributed by atoms with Gasteiger partial charge >= 0.3 is 5.97 Å². The monoisotopic (exact) mass is 469 g/mol. The van der Waals surface area contributed by atoms with E-state index in [0.717, 1.165) is 26.9 Å². The maximum atomic E-state index is 11.1. The smallest absolute Gasteiger partial charge is 0.335 e. The molecule has 3 aromatic rings. The Hall–Kier alpha value is -2.99. The van der Waals surface area contributed by atoms with E-state index in [1.807, 2.05) is 37.3 Å². The van der Waals surface area contributed by atoms with Crippen molar-refractivity contribution >= 4 is 27.6 Å². The van der Waals surface area contributed by atoms with E-state index in [9.17, 15) is 4.79 Å². The third-order valence-electron chi connectivity index (χ3n) is 4.88. The Kier molecular flexibility index (Phi) is 7.00. The largest absolute Gasteiger partial charge is 0.493 e. The number of rotatable bonds is 8. The average molecular weight is 470 g/mol. The quantitative estimate of drug-likeness (QED) is 0.425. The fourth-order valence-corrected chi connectivity index (χ4v) is 3.73. The van der Waals surface area contributed by atoms with Gasteiger partial charge in [0.05, 0.1) is 17.1 Å². The third kappa shape index (κ3) is 5.13. The number of methoxy groups -OCH3 is 1. The fourth-order valence-electron chi connectivity index (χ4n) is 3.13. The summed E-state index contributed by atoms with van der Waals surface area (Å²) in [4.78, 5) is 11.1. The number of carboxylic acid groups (broad SMARTS) is 1. The van der Waals surface area contributed by atoms with Crippen LogP contribution in [0.15, 0.2) is 59.1 Å². The highest BCUT2D eigenvalue weighted by Crippen LogP contribution is 2.37. The Morgan fingerprint density at radius 1 is 1.07 bits per heavy atom. The van der Waals surface area contributed by atoms with E-state index in [4.69, 9.17) is 14.6 Å². The van der Waals surface area contributed by atoms with E-state index in [0.29, 0.717) is 24.7 Å². The number of aryl methyl sites for hydroxylation is 2. The zero-order valence-corrected chi connectivity index (χ0v) is 18.7. The lowest BCUT2D eigenvalue weighted by Crippen LogP contribution is -2.05. The minimum atomic E-state index is -0.931. The van der Waals surface area contributed by atoms with Gasteiger partial charge < -0.3 is 19.9 Å². The summed E-state index contributed by atoms with van der Waals surface area (Å²) in [6.45, 7) is 4.95. The number of carboxylic acids is 1. The Bertz CT molecular complexity index is 1070. The second-order valence-corrected chi connectivity index (χ2v) is 7.87. The molecule has 3 aromatic carbocycles. The van der Waals surface area contributed by atoms with E-state index in [1.54, 1.807) is 25.3 Å². The number of anilines is 1. The molecule has 0 saturated heterocycles. The second kappa shape index (κ2) is 9.67. The molecule has 0 saturated carbocycles. The molecule has 6 heteroatoms. The van der Waals surface area contributed by atoms with Crippen molar-refractivity contribution in [3.63, 3.8) is 0 Å². The predicted octanol–water partition coefficient (Wildman–Crippen LogP) is 5.96.